The van der Waals surface area contributed by atoms with E-state index < -0.39 is 5.54 Å². The average Bonchev–Trinajstić information content (AvgIpc) is 2.52. The van der Waals surface area contributed by atoms with Gasteiger partial charge >= 0.3 is 0 Å². The molecule has 0 bridgehead atoms. The van der Waals surface area contributed by atoms with E-state index in [-0.39, 0.29) is 17.5 Å². The maximum atomic E-state index is 13.2. The van der Waals surface area contributed by atoms with Crippen molar-refractivity contribution >= 4 is 11.5 Å². The van der Waals surface area contributed by atoms with Crippen molar-refractivity contribution in [1.82, 2.24) is 0 Å². The fourth-order valence-electron chi connectivity index (χ4n) is 3.38. The molecule has 2 unspecified atom stereocenters. The maximum Gasteiger partial charge on any atom is 0.158 e. The lowest BCUT2D eigenvalue weighted by Gasteiger charge is -2.41. The first kappa shape index (κ1) is 14.8. The van der Waals surface area contributed by atoms with E-state index in [1.165, 1.54) is 12.1 Å². The van der Waals surface area contributed by atoms with Crippen molar-refractivity contribution < 1.29 is 9.18 Å². The van der Waals surface area contributed by atoms with Gasteiger partial charge in [0.25, 0.3) is 0 Å². The Bertz CT molecular complexity index is 653. The molecule has 0 spiro atoms. The molecule has 22 heavy (non-hydrogen) atoms. The van der Waals surface area contributed by atoms with Gasteiger partial charge in [0.05, 0.1) is 0 Å². The minimum absolute atomic E-state index is 0.0505. The number of carbonyl (C=O) groups excluding carboxylic acids is 1. The number of Topliss-reactive ketones (excluding diaryl/α,β-unsaturated/α-hetero) is 1. The predicted octanol–water partition coefficient (Wildman–Crippen LogP) is 4.53. The molecule has 2 nitrogen and oxygen atoms in total. The van der Waals surface area contributed by atoms with Gasteiger partial charge in [0.15, 0.2) is 5.78 Å². The molecule has 1 aliphatic rings. The van der Waals surface area contributed by atoms with Gasteiger partial charge in [0.1, 0.15) is 11.4 Å². The zero-order chi connectivity index (χ0) is 15.6. The summed E-state index contributed by atoms with van der Waals surface area (Å²) in [7, 11) is 0. The second kappa shape index (κ2) is 5.91. The van der Waals surface area contributed by atoms with Gasteiger partial charge in [-0.1, -0.05) is 30.3 Å². The van der Waals surface area contributed by atoms with Crippen LogP contribution in [0, 0.1) is 5.82 Å². The Morgan fingerprint density at radius 3 is 2.45 bits per heavy atom. The zero-order valence-corrected chi connectivity index (χ0v) is 12.7. The molecular formula is C19H20FNO. The van der Waals surface area contributed by atoms with Crippen LogP contribution in [0.15, 0.2) is 54.6 Å². The summed E-state index contributed by atoms with van der Waals surface area (Å²) >= 11 is 0. The Morgan fingerprint density at radius 1 is 1.09 bits per heavy atom. The standard InChI is InChI=1S/C19H20FNO/c1-19(21-16-6-3-2-4-7-16)17(8-5-9-18(19)22)14-10-12-15(20)13-11-14/h2-4,6-7,10-13,17,21H,5,8-9H2,1H3. The van der Waals surface area contributed by atoms with Crippen LogP contribution >= 0.6 is 0 Å². The Kier molecular flexibility index (Phi) is 3.97. The number of anilines is 1. The lowest BCUT2D eigenvalue weighted by molar-refractivity contribution is -0.125. The number of para-hydroxylation sites is 1. The van der Waals surface area contributed by atoms with Gasteiger partial charge in [0.2, 0.25) is 0 Å². The quantitative estimate of drug-likeness (QED) is 0.901. The number of ketones is 1. The molecule has 2 aromatic rings. The molecule has 0 saturated heterocycles. The summed E-state index contributed by atoms with van der Waals surface area (Å²) in [5.41, 5.74) is 1.30. The van der Waals surface area contributed by atoms with Crippen LogP contribution in [0.2, 0.25) is 0 Å². The second-order valence-corrected chi connectivity index (χ2v) is 6.11. The number of carbonyl (C=O) groups is 1. The molecule has 1 fully saturated rings. The third-order valence-electron chi connectivity index (χ3n) is 4.62. The summed E-state index contributed by atoms with van der Waals surface area (Å²) in [5.74, 6) is 0.0232. The van der Waals surface area contributed by atoms with Gasteiger partial charge in [-0.3, -0.25) is 4.79 Å². The van der Waals surface area contributed by atoms with Crippen LogP contribution in [-0.2, 0) is 4.79 Å². The Morgan fingerprint density at radius 2 is 1.77 bits per heavy atom. The third kappa shape index (κ3) is 2.76. The summed E-state index contributed by atoms with van der Waals surface area (Å²) in [4.78, 5) is 12.6. The lowest BCUT2D eigenvalue weighted by atomic mass is 9.69. The molecular weight excluding hydrogens is 277 g/mol. The van der Waals surface area contributed by atoms with Crippen molar-refractivity contribution in [1.29, 1.82) is 0 Å². The molecule has 3 heteroatoms. The van der Waals surface area contributed by atoms with Crippen molar-refractivity contribution in [2.45, 2.75) is 37.6 Å². The van der Waals surface area contributed by atoms with E-state index in [1.807, 2.05) is 37.3 Å². The Labute approximate surface area is 130 Å². The fraction of sp³-hybridized carbons (Fsp3) is 0.316. The highest BCUT2D eigenvalue weighted by atomic mass is 19.1. The van der Waals surface area contributed by atoms with Gasteiger partial charge in [-0.2, -0.15) is 0 Å². The first-order valence-electron chi connectivity index (χ1n) is 7.71. The molecule has 0 radical (unpaired) electrons. The summed E-state index contributed by atoms with van der Waals surface area (Å²) < 4.78 is 13.2. The molecule has 0 aromatic heterocycles. The highest BCUT2D eigenvalue weighted by Gasteiger charge is 2.44. The van der Waals surface area contributed by atoms with Gasteiger partial charge in [-0.15, -0.1) is 0 Å². The van der Waals surface area contributed by atoms with E-state index >= 15 is 0 Å². The predicted molar refractivity (Wildman–Crippen MR) is 86.5 cm³/mol. The van der Waals surface area contributed by atoms with Crippen LogP contribution in [0.25, 0.3) is 0 Å². The number of nitrogens with one attached hydrogen (secondary N) is 1. The van der Waals surface area contributed by atoms with E-state index in [2.05, 4.69) is 5.32 Å². The molecule has 2 atom stereocenters. The normalized spacial score (nSPS) is 25.0. The van der Waals surface area contributed by atoms with Crippen molar-refractivity contribution in [2.75, 3.05) is 5.32 Å². The molecule has 114 valence electrons. The SMILES string of the molecule is CC1(Nc2ccccc2)C(=O)CCCC1c1ccc(F)cc1. The Balaban J connectivity index is 1.95. The van der Waals surface area contributed by atoms with Gasteiger partial charge in [-0.05, 0) is 49.6 Å². The van der Waals surface area contributed by atoms with E-state index in [0.717, 1.165) is 24.1 Å². The van der Waals surface area contributed by atoms with Gasteiger partial charge < -0.3 is 5.32 Å². The van der Waals surface area contributed by atoms with Crippen LogP contribution in [-0.4, -0.2) is 11.3 Å². The van der Waals surface area contributed by atoms with E-state index in [9.17, 15) is 9.18 Å². The molecule has 1 N–H and O–H groups in total. The maximum absolute atomic E-state index is 13.2. The van der Waals surface area contributed by atoms with Gasteiger partial charge in [0, 0.05) is 18.0 Å². The van der Waals surface area contributed by atoms with Crippen LogP contribution in [0.1, 0.15) is 37.7 Å². The smallest absolute Gasteiger partial charge is 0.158 e. The molecule has 1 saturated carbocycles. The van der Waals surface area contributed by atoms with Crippen molar-refractivity contribution in [3.8, 4) is 0 Å². The first-order valence-corrected chi connectivity index (χ1v) is 7.71. The minimum atomic E-state index is -0.655. The topological polar surface area (TPSA) is 29.1 Å². The van der Waals surface area contributed by atoms with Crippen molar-refractivity contribution in [2.24, 2.45) is 0 Å². The summed E-state index contributed by atoms with van der Waals surface area (Å²) in [6.45, 7) is 1.97. The average molecular weight is 297 g/mol. The molecule has 0 aliphatic heterocycles. The summed E-state index contributed by atoms with van der Waals surface area (Å²) in [5, 5.41) is 3.43. The first-order chi connectivity index (χ1) is 10.6. The lowest BCUT2D eigenvalue weighted by Crippen LogP contribution is -2.51. The van der Waals surface area contributed by atoms with E-state index in [4.69, 9.17) is 0 Å². The number of hydrogen-bond acceptors (Lipinski definition) is 2. The van der Waals surface area contributed by atoms with E-state index in [1.54, 1.807) is 12.1 Å². The number of hydrogen-bond donors (Lipinski definition) is 1. The van der Waals surface area contributed by atoms with E-state index in [0.29, 0.717) is 6.42 Å². The molecule has 0 heterocycles. The van der Waals surface area contributed by atoms with Crippen molar-refractivity contribution in [3.05, 3.63) is 66.0 Å². The second-order valence-electron chi connectivity index (χ2n) is 6.11. The molecule has 2 aromatic carbocycles. The van der Waals surface area contributed by atoms with Crippen LogP contribution in [0.3, 0.4) is 0 Å². The number of rotatable bonds is 3. The highest BCUT2D eigenvalue weighted by Crippen LogP contribution is 2.40. The minimum Gasteiger partial charge on any atom is -0.373 e. The third-order valence-corrected chi connectivity index (χ3v) is 4.62. The number of benzene rings is 2. The highest BCUT2D eigenvalue weighted by molar-refractivity contribution is 5.93. The monoisotopic (exact) mass is 297 g/mol. The van der Waals surface area contributed by atoms with Crippen LogP contribution in [0.5, 0.6) is 0 Å². The molecule has 0 amide bonds. The largest absolute Gasteiger partial charge is 0.373 e. The summed E-state index contributed by atoms with van der Waals surface area (Å²) in [6.07, 6.45) is 2.40. The Hall–Kier alpha value is -2.16. The summed E-state index contributed by atoms with van der Waals surface area (Å²) in [6, 6.07) is 16.3. The van der Waals surface area contributed by atoms with Crippen LogP contribution in [0.4, 0.5) is 10.1 Å². The molecule has 3 rings (SSSR count). The fourth-order valence-corrected chi connectivity index (χ4v) is 3.38. The van der Waals surface area contributed by atoms with Crippen LogP contribution < -0.4 is 5.32 Å². The van der Waals surface area contributed by atoms with Gasteiger partial charge in [-0.25, -0.2) is 4.39 Å². The molecule has 1 aliphatic carbocycles. The zero-order valence-electron chi connectivity index (χ0n) is 12.7. The number of halogens is 1. The van der Waals surface area contributed by atoms with Crippen molar-refractivity contribution in [3.63, 3.8) is 0 Å².